The Bertz CT molecular complexity index is 453. The van der Waals surface area contributed by atoms with Crippen LogP contribution < -0.4 is 5.32 Å². The lowest BCUT2D eigenvalue weighted by Gasteiger charge is -2.09. The number of aromatic nitrogens is 2. The molecule has 1 atom stereocenters. The molecular formula is C10H17N3O3S. The highest BCUT2D eigenvalue weighted by atomic mass is 32.2. The summed E-state index contributed by atoms with van der Waals surface area (Å²) in [5, 5.41) is 1.60. The highest BCUT2D eigenvalue weighted by Crippen LogP contribution is 1.98. The Hall–Kier alpha value is -1.37. The zero-order valence-electron chi connectivity index (χ0n) is 9.93. The van der Waals surface area contributed by atoms with E-state index in [-0.39, 0.29) is 0 Å². The fourth-order valence-electron chi connectivity index (χ4n) is 1.24. The molecule has 0 radical (unpaired) electrons. The van der Waals surface area contributed by atoms with E-state index in [0.29, 0.717) is 6.54 Å². The van der Waals surface area contributed by atoms with Crippen molar-refractivity contribution in [3.63, 3.8) is 0 Å². The van der Waals surface area contributed by atoms with E-state index in [1.807, 2.05) is 0 Å². The van der Waals surface area contributed by atoms with E-state index in [2.05, 4.69) is 15.3 Å². The molecule has 7 heteroatoms. The van der Waals surface area contributed by atoms with Crippen molar-refractivity contribution in [2.24, 2.45) is 0 Å². The van der Waals surface area contributed by atoms with Crippen LogP contribution in [0.25, 0.3) is 0 Å². The zero-order valence-corrected chi connectivity index (χ0v) is 10.8. The molecular weight excluding hydrogens is 242 g/mol. The highest BCUT2D eigenvalue weighted by molar-refractivity contribution is 7.92. The first-order valence-corrected chi connectivity index (χ1v) is 7.31. The monoisotopic (exact) mass is 259 g/mol. The van der Waals surface area contributed by atoms with Gasteiger partial charge < -0.3 is 10.3 Å². The number of aryl methyl sites for hydroxylation is 1. The van der Waals surface area contributed by atoms with Crippen LogP contribution in [-0.4, -0.2) is 42.3 Å². The summed E-state index contributed by atoms with van der Waals surface area (Å²) in [7, 11) is -3.31. The van der Waals surface area contributed by atoms with Crippen LogP contribution in [0.5, 0.6) is 0 Å². The molecule has 1 amide bonds. The maximum Gasteiger partial charge on any atom is 0.238 e. The number of sulfone groups is 1. The quantitative estimate of drug-likeness (QED) is 0.697. The maximum atomic E-state index is 11.4. The number of imidazole rings is 1. The summed E-state index contributed by atoms with van der Waals surface area (Å²) in [6, 6.07) is 0. The van der Waals surface area contributed by atoms with Crippen LogP contribution in [0.15, 0.2) is 12.4 Å². The molecule has 0 spiro atoms. The van der Waals surface area contributed by atoms with E-state index in [4.69, 9.17) is 0 Å². The van der Waals surface area contributed by atoms with Crippen molar-refractivity contribution >= 4 is 15.7 Å². The van der Waals surface area contributed by atoms with E-state index in [1.165, 1.54) is 6.92 Å². The predicted molar refractivity (Wildman–Crippen MR) is 64.2 cm³/mol. The van der Waals surface area contributed by atoms with Gasteiger partial charge in [-0.15, -0.1) is 0 Å². The Morgan fingerprint density at radius 2 is 2.29 bits per heavy atom. The minimum atomic E-state index is -3.31. The number of hydrogen-bond donors (Lipinski definition) is 2. The molecule has 0 bridgehead atoms. The normalized spacial score (nSPS) is 13.3. The lowest BCUT2D eigenvalue weighted by atomic mass is 10.3. The molecule has 17 heavy (non-hydrogen) atoms. The van der Waals surface area contributed by atoms with Crippen molar-refractivity contribution in [2.45, 2.75) is 25.0 Å². The predicted octanol–water partition coefficient (Wildman–Crippen LogP) is -0.108. The van der Waals surface area contributed by atoms with Gasteiger partial charge in [0.15, 0.2) is 9.84 Å². The van der Waals surface area contributed by atoms with Crippen LogP contribution in [-0.2, 0) is 21.1 Å². The van der Waals surface area contributed by atoms with Gasteiger partial charge in [-0.05, 0) is 13.3 Å². The summed E-state index contributed by atoms with van der Waals surface area (Å²) in [5.74, 6) is 0.405. The standard InChI is InChI=1S/C10H17N3O3S/c1-8(17(2,15)16)10(14)13-5-3-4-9-11-6-7-12-9/h6-8H,3-5H2,1-2H3,(H,11,12)(H,13,14). The second kappa shape index (κ2) is 5.81. The molecule has 6 nitrogen and oxygen atoms in total. The van der Waals surface area contributed by atoms with Crippen LogP contribution in [0.1, 0.15) is 19.2 Å². The van der Waals surface area contributed by atoms with Crippen LogP contribution >= 0.6 is 0 Å². The topological polar surface area (TPSA) is 91.9 Å². The molecule has 0 aliphatic carbocycles. The largest absolute Gasteiger partial charge is 0.355 e. The summed E-state index contributed by atoms with van der Waals surface area (Å²) in [5.41, 5.74) is 0. The Kier molecular flexibility index (Phi) is 4.68. The average Bonchev–Trinajstić information content (AvgIpc) is 2.74. The van der Waals surface area contributed by atoms with Gasteiger partial charge in [-0.25, -0.2) is 13.4 Å². The van der Waals surface area contributed by atoms with Gasteiger partial charge in [0.25, 0.3) is 0 Å². The second-order valence-electron chi connectivity index (χ2n) is 3.90. The van der Waals surface area contributed by atoms with Crippen molar-refractivity contribution in [2.75, 3.05) is 12.8 Å². The van der Waals surface area contributed by atoms with Crippen LogP contribution in [0.4, 0.5) is 0 Å². The number of nitrogens with zero attached hydrogens (tertiary/aromatic N) is 1. The van der Waals surface area contributed by atoms with Gasteiger partial charge in [-0.1, -0.05) is 0 Å². The Labute approximate surface area is 101 Å². The lowest BCUT2D eigenvalue weighted by Crippen LogP contribution is -2.37. The maximum absolute atomic E-state index is 11.4. The van der Waals surface area contributed by atoms with E-state index in [9.17, 15) is 13.2 Å². The molecule has 2 N–H and O–H groups in total. The summed E-state index contributed by atoms with van der Waals surface area (Å²) >= 11 is 0. The minimum absolute atomic E-state index is 0.444. The molecule has 0 aliphatic rings. The fraction of sp³-hybridized carbons (Fsp3) is 0.600. The third-order valence-electron chi connectivity index (χ3n) is 2.46. The molecule has 1 heterocycles. The molecule has 1 unspecified atom stereocenters. The van der Waals surface area contributed by atoms with Gasteiger partial charge in [0.1, 0.15) is 11.1 Å². The summed E-state index contributed by atoms with van der Waals surface area (Å²) in [6.07, 6.45) is 5.90. The van der Waals surface area contributed by atoms with Gasteiger partial charge in [-0.2, -0.15) is 0 Å². The van der Waals surface area contributed by atoms with E-state index >= 15 is 0 Å². The molecule has 0 aromatic carbocycles. The van der Waals surface area contributed by atoms with Gasteiger partial charge in [0, 0.05) is 31.6 Å². The van der Waals surface area contributed by atoms with Gasteiger partial charge in [0.05, 0.1) is 0 Å². The summed E-state index contributed by atoms with van der Waals surface area (Å²) in [6.45, 7) is 1.83. The van der Waals surface area contributed by atoms with Gasteiger partial charge >= 0.3 is 0 Å². The van der Waals surface area contributed by atoms with Crippen molar-refractivity contribution in [3.05, 3.63) is 18.2 Å². The number of nitrogens with one attached hydrogen (secondary N) is 2. The Balaban J connectivity index is 2.25. The van der Waals surface area contributed by atoms with Gasteiger partial charge in [-0.3, -0.25) is 4.79 Å². The minimum Gasteiger partial charge on any atom is -0.355 e. The first-order chi connectivity index (χ1) is 7.91. The third kappa shape index (κ3) is 4.56. The van der Waals surface area contributed by atoms with Gasteiger partial charge in [0.2, 0.25) is 5.91 Å². The average molecular weight is 259 g/mol. The van der Waals surface area contributed by atoms with Crippen LogP contribution in [0.2, 0.25) is 0 Å². The van der Waals surface area contributed by atoms with Crippen molar-refractivity contribution in [1.82, 2.24) is 15.3 Å². The number of aromatic amines is 1. The Morgan fingerprint density at radius 3 is 2.82 bits per heavy atom. The number of rotatable bonds is 6. The van der Waals surface area contributed by atoms with E-state index in [0.717, 1.165) is 24.9 Å². The van der Waals surface area contributed by atoms with Crippen molar-refractivity contribution < 1.29 is 13.2 Å². The number of carbonyl (C=O) groups excluding carboxylic acids is 1. The molecule has 1 aromatic rings. The highest BCUT2D eigenvalue weighted by Gasteiger charge is 2.22. The Morgan fingerprint density at radius 1 is 1.59 bits per heavy atom. The second-order valence-corrected chi connectivity index (χ2v) is 6.27. The first-order valence-electron chi connectivity index (χ1n) is 5.36. The summed E-state index contributed by atoms with van der Waals surface area (Å²) in [4.78, 5) is 18.4. The lowest BCUT2D eigenvalue weighted by molar-refractivity contribution is -0.120. The molecule has 0 saturated carbocycles. The molecule has 96 valence electrons. The molecule has 1 aromatic heterocycles. The molecule has 0 saturated heterocycles. The van der Waals surface area contributed by atoms with Crippen molar-refractivity contribution in [3.8, 4) is 0 Å². The summed E-state index contributed by atoms with van der Waals surface area (Å²) < 4.78 is 22.2. The number of hydrogen-bond acceptors (Lipinski definition) is 4. The van der Waals surface area contributed by atoms with Crippen LogP contribution in [0.3, 0.4) is 0 Å². The number of H-pyrrole nitrogens is 1. The van der Waals surface area contributed by atoms with Crippen LogP contribution in [0, 0.1) is 0 Å². The SMILES string of the molecule is CC(C(=O)NCCCc1ncc[nH]1)S(C)(=O)=O. The fourth-order valence-corrected chi connectivity index (χ4v) is 1.71. The molecule has 0 aliphatic heterocycles. The smallest absolute Gasteiger partial charge is 0.238 e. The molecule has 1 rings (SSSR count). The zero-order chi connectivity index (χ0) is 12.9. The third-order valence-corrected chi connectivity index (χ3v) is 3.95. The number of carbonyl (C=O) groups is 1. The van der Waals surface area contributed by atoms with E-state index in [1.54, 1.807) is 12.4 Å². The first kappa shape index (κ1) is 13.7. The van der Waals surface area contributed by atoms with Crippen molar-refractivity contribution in [1.29, 1.82) is 0 Å². The van der Waals surface area contributed by atoms with E-state index < -0.39 is 21.0 Å². The molecule has 0 fully saturated rings. The number of amides is 1.